The van der Waals surface area contributed by atoms with Crippen molar-refractivity contribution in [2.75, 3.05) is 0 Å². The molecular weight excluding hydrogens is 298 g/mol. The second kappa shape index (κ2) is 6.02. The van der Waals surface area contributed by atoms with E-state index in [1.807, 2.05) is 18.2 Å². The molecule has 7 heteroatoms. The maximum absolute atomic E-state index is 12.1. The maximum atomic E-state index is 12.1. The number of benzene rings is 1. The number of hydrogen-bond donors (Lipinski definition) is 2. The fraction of sp³-hybridized carbons (Fsp3) is 0.0769. The molecule has 0 radical (unpaired) electrons. The third kappa shape index (κ3) is 3.79. The molecule has 1 aromatic carbocycles. The minimum atomic E-state index is -3.68. The zero-order valence-corrected chi connectivity index (χ0v) is 12.1. The Balaban J connectivity index is 2.22. The fourth-order valence-electron chi connectivity index (χ4n) is 1.61. The van der Waals surface area contributed by atoms with Crippen LogP contribution in [0.15, 0.2) is 59.8 Å². The van der Waals surface area contributed by atoms with Crippen LogP contribution >= 0.6 is 11.6 Å². The van der Waals surface area contributed by atoms with Gasteiger partial charge < -0.3 is 0 Å². The average Bonchev–Trinajstić information content (AvgIpc) is 2.39. The number of amidine groups is 1. The van der Waals surface area contributed by atoms with E-state index in [1.165, 1.54) is 24.3 Å². The lowest BCUT2D eigenvalue weighted by Gasteiger charge is -1.98. The van der Waals surface area contributed by atoms with Crippen molar-refractivity contribution in [3.05, 3.63) is 59.9 Å². The molecule has 3 N–H and O–H groups in total. The number of rotatable bonds is 4. The Kier molecular flexibility index (Phi) is 4.36. The van der Waals surface area contributed by atoms with E-state index >= 15 is 0 Å². The lowest BCUT2D eigenvalue weighted by molar-refractivity contribution is -0.685. The maximum Gasteiger partial charge on any atom is 0.328 e. The van der Waals surface area contributed by atoms with Crippen LogP contribution in [-0.2, 0) is 16.6 Å². The molecule has 1 heterocycles. The average molecular weight is 312 g/mol. The summed E-state index contributed by atoms with van der Waals surface area (Å²) in [5.74, 6) is 0.135. The highest BCUT2D eigenvalue weighted by Crippen LogP contribution is 2.11. The van der Waals surface area contributed by atoms with Crippen molar-refractivity contribution >= 4 is 27.5 Å². The molecule has 0 fully saturated rings. The molecule has 104 valence electrons. The number of aromatic nitrogens is 1. The van der Waals surface area contributed by atoms with Crippen LogP contribution in [0.3, 0.4) is 0 Å². The minimum Gasteiger partial charge on any atom is -0.285 e. The van der Waals surface area contributed by atoms with E-state index < -0.39 is 10.0 Å². The molecule has 2 rings (SSSR count). The van der Waals surface area contributed by atoms with Crippen molar-refractivity contribution in [2.24, 2.45) is 5.73 Å². The smallest absolute Gasteiger partial charge is 0.285 e. The number of pyridine rings is 1. The van der Waals surface area contributed by atoms with Gasteiger partial charge in [-0.15, -0.1) is 0 Å². The summed E-state index contributed by atoms with van der Waals surface area (Å²) in [6.45, 7) is 0.258. The van der Waals surface area contributed by atoms with Crippen molar-refractivity contribution in [1.82, 2.24) is 0 Å². The standard InChI is InChI=1S/C13H13ClN3O2S/c14-11-4-6-12(7-5-11)20(18,19)16-13(15)10-17-8-2-1-3-9-17/h1-9H,10H2,(H2,15,16)/q+1/p+1. The molecule has 0 aliphatic rings. The van der Waals surface area contributed by atoms with Gasteiger partial charge in [0.1, 0.15) is 4.90 Å². The molecule has 0 atom stereocenters. The number of halogens is 1. The molecule has 0 aliphatic heterocycles. The Morgan fingerprint density at radius 1 is 1.15 bits per heavy atom. The van der Waals surface area contributed by atoms with E-state index in [0.717, 1.165) is 0 Å². The summed E-state index contributed by atoms with van der Waals surface area (Å²) in [4.78, 5) is 0.114. The molecule has 0 bridgehead atoms. The van der Waals surface area contributed by atoms with Crippen LogP contribution in [-0.4, -0.2) is 14.3 Å². The summed E-state index contributed by atoms with van der Waals surface area (Å²) in [5.41, 5.74) is 5.74. The first-order valence-corrected chi connectivity index (χ1v) is 7.67. The van der Waals surface area contributed by atoms with Gasteiger partial charge in [0.05, 0.1) is 0 Å². The van der Waals surface area contributed by atoms with Crippen LogP contribution in [0.1, 0.15) is 0 Å². The van der Waals surface area contributed by atoms with E-state index in [-0.39, 0.29) is 17.3 Å². The van der Waals surface area contributed by atoms with Crippen LogP contribution in [0.25, 0.3) is 0 Å². The van der Waals surface area contributed by atoms with Gasteiger partial charge in [0.25, 0.3) is 0 Å². The molecule has 0 amide bonds. The quantitative estimate of drug-likeness (QED) is 0.452. The lowest BCUT2D eigenvalue weighted by atomic mass is 10.4. The zero-order chi connectivity index (χ0) is 14.6. The van der Waals surface area contributed by atoms with Gasteiger partial charge in [0.2, 0.25) is 6.54 Å². The molecule has 2 aromatic rings. The number of sulfonamides is 1. The summed E-state index contributed by atoms with van der Waals surface area (Å²) >= 11 is 5.73. The molecule has 0 aliphatic carbocycles. The van der Waals surface area contributed by atoms with Crippen LogP contribution in [0.5, 0.6) is 0 Å². The summed E-state index contributed by atoms with van der Waals surface area (Å²) in [6, 6.07) is 11.4. The predicted molar refractivity (Wildman–Crippen MR) is 75.4 cm³/mol. The van der Waals surface area contributed by atoms with Crippen molar-refractivity contribution < 1.29 is 17.4 Å². The highest BCUT2D eigenvalue weighted by atomic mass is 35.5. The molecule has 20 heavy (non-hydrogen) atoms. The van der Waals surface area contributed by atoms with Crippen molar-refractivity contribution in [2.45, 2.75) is 11.4 Å². The van der Waals surface area contributed by atoms with E-state index in [4.69, 9.17) is 17.3 Å². The third-order valence-corrected chi connectivity index (χ3v) is 4.20. The number of nitrogens with two attached hydrogens (primary N) is 1. The van der Waals surface area contributed by atoms with Gasteiger partial charge >= 0.3 is 15.9 Å². The molecule has 5 nitrogen and oxygen atoms in total. The first kappa shape index (κ1) is 14.5. The monoisotopic (exact) mass is 311 g/mol. The molecule has 0 saturated carbocycles. The fourth-order valence-corrected chi connectivity index (χ4v) is 2.76. The molecule has 0 saturated heterocycles. The highest BCUT2D eigenvalue weighted by molar-refractivity contribution is 7.84. The Hall–Kier alpha value is -1.92. The summed E-state index contributed by atoms with van der Waals surface area (Å²) < 4.78 is 28.3. The van der Waals surface area contributed by atoms with Crippen molar-refractivity contribution in [3.8, 4) is 0 Å². The van der Waals surface area contributed by atoms with Gasteiger partial charge in [-0.2, -0.15) is 17.4 Å². The molecular formula is C13H14ClN3O2S+2. The SMILES string of the molecule is NC(C[n+]1ccccc1)=[NH+]S(=O)(=O)c1ccc(Cl)cc1. The van der Waals surface area contributed by atoms with Crippen LogP contribution < -0.4 is 14.7 Å². The first-order chi connectivity index (χ1) is 9.47. The highest BCUT2D eigenvalue weighted by Gasteiger charge is 2.18. The zero-order valence-electron chi connectivity index (χ0n) is 10.5. The van der Waals surface area contributed by atoms with E-state index in [2.05, 4.69) is 4.40 Å². The van der Waals surface area contributed by atoms with E-state index in [1.54, 1.807) is 17.0 Å². The molecule has 0 unspecified atom stereocenters. The van der Waals surface area contributed by atoms with E-state index in [0.29, 0.717) is 5.02 Å². The Bertz CT molecular complexity index is 713. The van der Waals surface area contributed by atoms with Gasteiger partial charge in [0.15, 0.2) is 12.4 Å². The molecule has 1 aromatic heterocycles. The van der Waals surface area contributed by atoms with Crippen LogP contribution in [0.2, 0.25) is 5.02 Å². The summed E-state index contributed by atoms with van der Waals surface area (Å²) in [5, 5.41) is 0.473. The Morgan fingerprint density at radius 2 is 1.75 bits per heavy atom. The number of nitrogens with zero attached hydrogens (tertiary/aromatic N) is 1. The van der Waals surface area contributed by atoms with E-state index in [9.17, 15) is 8.42 Å². The van der Waals surface area contributed by atoms with Gasteiger partial charge in [0, 0.05) is 17.2 Å². The lowest BCUT2D eigenvalue weighted by Crippen LogP contribution is -2.80. The Morgan fingerprint density at radius 3 is 2.35 bits per heavy atom. The van der Waals surface area contributed by atoms with Crippen LogP contribution in [0.4, 0.5) is 0 Å². The minimum absolute atomic E-state index is 0.114. The van der Waals surface area contributed by atoms with Crippen molar-refractivity contribution in [3.63, 3.8) is 0 Å². The summed E-state index contributed by atoms with van der Waals surface area (Å²) in [6.07, 6.45) is 3.59. The summed E-state index contributed by atoms with van der Waals surface area (Å²) in [7, 11) is -3.68. The van der Waals surface area contributed by atoms with Crippen molar-refractivity contribution in [1.29, 1.82) is 0 Å². The third-order valence-electron chi connectivity index (χ3n) is 2.52. The van der Waals surface area contributed by atoms with Crippen LogP contribution in [0, 0.1) is 0 Å². The topological polar surface area (TPSA) is 78.0 Å². The second-order valence-corrected chi connectivity index (χ2v) is 6.25. The number of hydrogen-bond acceptors (Lipinski definition) is 2. The Labute approximate surface area is 122 Å². The first-order valence-electron chi connectivity index (χ1n) is 5.81. The number of nitrogens with one attached hydrogen (secondary N) is 1. The second-order valence-electron chi connectivity index (χ2n) is 4.13. The molecule has 0 spiro atoms. The predicted octanol–water partition coefficient (Wildman–Crippen LogP) is -0.546. The normalized spacial score (nSPS) is 12.3. The van der Waals surface area contributed by atoms with Gasteiger partial charge in [-0.3, -0.25) is 5.73 Å². The van der Waals surface area contributed by atoms with Gasteiger partial charge in [-0.05, 0) is 24.3 Å². The van der Waals surface area contributed by atoms with Gasteiger partial charge in [-0.1, -0.05) is 17.7 Å². The largest absolute Gasteiger partial charge is 0.328 e. The van der Waals surface area contributed by atoms with Gasteiger partial charge in [-0.25, -0.2) is 0 Å².